The van der Waals surface area contributed by atoms with Crippen LogP contribution < -0.4 is 0 Å². The van der Waals surface area contributed by atoms with Crippen molar-refractivity contribution in [3.8, 4) is 0 Å². The van der Waals surface area contributed by atoms with Crippen molar-refractivity contribution in [3.05, 3.63) is 100 Å². The van der Waals surface area contributed by atoms with E-state index in [1.165, 1.54) is 0 Å². The molecule has 0 amide bonds. The van der Waals surface area contributed by atoms with Crippen LogP contribution in [-0.2, 0) is 18.6 Å². The fourth-order valence-corrected chi connectivity index (χ4v) is 6.88. The van der Waals surface area contributed by atoms with Gasteiger partial charge in [-0.1, -0.05) is 0 Å². The second-order valence-electron chi connectivity index (χ2n) is 12.9. The summed E-state index contributed by atoms with van der Waals surface area (Å²) in [5.74, 6) is -54.4. The molecule has 0 spiro atoms. The Balaban J connectivity index is 2.85. The molecule has 3 aromatic rings. The summed E-state index contributed by atoms with van der Waals surface area (Å²) in [5.41, 5.74) is -45.6. The van der Waals surface area contributed by atoms with Gasteiger partial charge in [0.15, 0.2) is 0 Å². The van der Waals surface area contributed by atoms with Crippen molar-refractivity contribution >= 4 is 115 Å². The number of esters is 4. The summed E-state index contributed by atoms with van der Waals surface area (Å²) in [4.78, 5) is 249. The first-order valence-electron chi connectivity index (χ1n) is 17.4. The Morgan fingerprint density at radius 2 is 0.324 bits per heavy atom. The maximum Gasteiger partial charge on any atom is 0.527 e. The number of hydrogen-bond donors (Lipinski definition) is 15. The molecule has 0 bridgehead atoms. The lowest BCUT2D eigenvalue weighted by atomic mass is 9.85. The van der Waals surface area contributed by atoms with E-state index < -0.39 is 215 Å². The van der Waals surface area contributed by atoms with E-state index in [0.717, 1.165) is 0 Å². The second-order valence-corrected chi connectivity index (χ2v) is 14.1. The zero-order chi connectivity index (χ0) is 57.4. The van der Waals surface area contributed by atoms with E-state index in [9.17, 15) is 167 Å². The molecule has 0 radical (unpaired) electrons. The van der Waals surface area contributed by atoms with Crippen LogP contribution in [0.5, 0.6) is 0 Å². The normalized spacial score (nSPS) is 10.7. The molecule has 0 atom stereocenters. The Hall–Kier alpha value is -11.3. The molecule has 0 fully saturated rings. The number of benzene rings is 3. The third kappa shape index (κ3) is 10.2. The third-order valence-corrected chi connectivity index (χ3v) is 9.28. The highest BCUT2D eigenvalue weighted by atomic mass is 31.2. The highest BCUT2D eigenvalue weighted by Gasteiger charge is 2.48. The molecule has 0 aliphatic heterocycles. The highest BCUT2D eigenvalue weighted by molar-refractivity contribution is 7.47. The summed E-state index contributed by atoms with van der Waals surface area (Å²) in [6.45, 7) is 0. The summed E-state index contributed by atoms with van der Waals surface area (Å²) in [6.07, 6.45) is 0. The van der Waals surface area contributed by atoms with Gasteiger partial charge in [0.05, 0.1) is 100 Å². The van der Waals surface area contributed by atoms with Crippen LogP contribution in [0.2, 0.25) is 0 Å². The van der Waals surface area contributed by atoms with Gasteiger partial charge < -0.3 is 80.4 Å². The number of carboxylic acids is 13. The average molecular weight is 1070 g/mol. The third-order valence-electron chi connectivity index (χ3n) is 8.87. The molecule has 15 N–H and O–H groups in total. The van der Waals surface area contributed by atoms with Crippen LogP contribution in [0.25, 0.3) is 0 Å². The topological polar surface area (TPSA) is 655 Å². The van der Waals surface area contributed by atoms with Gasteiger partial charge in [0, 0.05) is 0 Å². The van der Waals surface area contributed by atoms with Crippen molar-refractivity contribution in [3.63, 3.8) is 0 Å². The predicted octanol–water partition coefficient (Wildman–Crippen LogP) is -0.993. The molecular formula is C36H15O37P. The van der Waals surface area contributed by atoms with Gasteiger partial charge in [-0.15, -0.1) is 0 Å². The molecule has 386 valence electrons. The zero-order valence-electron chi connectivity index (χ0n) is 34.1. The molecule has 0 heterocycles. The number of rotatable bonds is 19. The molecule has 0 aliphatic carbocycles. The minimum absolute atomic E-state index is 2.25. The van der Waals surface area contributed by atoms with Crippen LogP contribution in [0.4, 0.5) is 0 Å². The number of phosphoric ester groups is 1. The van der Waals surface area contributed by atoms with Gasteiger partial charge in [-0.2, -0.15) is 0 Å². The Morgan fingerprint density at radius 3 is 0.459 bits per heavy atom. The van der Waals surface area contributed by atoms with E-state index in [2.05, 4.69) is 14.0 Å². The summed E-state index contributed by atoms with van der Waals surface area (Å²) >= 11 is 0. The SMILES string of the molecule is O=C(O)c1c(C(=O)O)c(C(=O)O)c(C(=O)OC(=O)c2c(C(=O)O)c(C(=O)O)c(C(=O)O)c(C(=O)OP(=O)(O)O)c2C(=O)OC(=O)c2c(C(=O)O)c(C(=O)O)c(C(=O)O)c(C(=O)O)c2C(=O)O)c(C(=O)O)c1C(=O)O. The number of carbonyl (C=O) groups is 18. The van der Waals surface area contributed by atoms with Crippen molar-refractivity contribution in [2.75, 3.05) is 0 Å². The minimum atomic E-state index is -6.61. The van der Waals surface area contributed by atoms with Crippen LogP contribution >= 0.6 is 7.82 Å². The molecule has 74 heavy (non-hydrogen) atoms. The highest BCUT2D eigenvalue weighted by Crippen LogP contribution is 2.41. The van der Waals surface area contributed by atoms with Crippen LogP contribution in [0.3, 0.4) is 0 Å². The Bertz CT molecular complexity index is 3290. The van der Waals surface area contributed by atoms with E-state index >= 15 is 0 Å². The minimum Gasteiger partial charge on any atom is -0.478 e. The number of hydrogen-bond acceptors (Lipinski definition) is 22. The van der Waals surface area contributed by atoms with Gasteiger partial charge in [0.1, 0.15) is 0 Å². The standard InChI is InChI=1S/C36H15O37P/c37-19(38)1-3(21(41)42)8(26(51)52)14(9(27(53)54)4(1)22(43)44)32(63)71-34(65)16-12(30(59)60)7(25(49)50)13(31(61)62)17(36(67)73-74(68,69)70)18(16)35(66)72-33(64)15-10(28(55)56)5(23(45)46)2(20(39)40)6(24(47)48)11(15)29(57)58/h(H,37,38)(H,39,40)(H,41,42)(H,43,44)(H,45,46)(H,47,48)(H,49,50)(H,51,52)(H,53,54)(H,55,56)(H,57,58)(H,59,60)(H,61,62)(H2,68,69,70). The maximum absolute atomic E-state index is 14.2. The number of carboxylic acid groups (broad SMARTS) is 13. The maximum atomic E-state index is 14.2. The second kappa shape index (κ2) is 20.3. The lowest BCUT2D eigenvalue weighted by Gasteiger charge is -2.21. The Labute approximate surface area is 396 Å². The van der Waals surface area contributed by atoms with E-state index in [1.807, 2.05) is 0 Å². The molecule has 0 saturated carbocycles. The Morgan fingerprint density at radius 1 is 0.216 bits per heavy atom. The van der Waals surface area contributed by atoms with E-state index in [-0.39, 0.29) is 0 Å². The van der Waals surface area contributed by atoms with Gasteiger partial charge in [-0.3, -0.25) is 9.79 Å². The fraction of sp³-hybridized carbons (Fsp3) is 0. The molecule has 3 rings (SSSR count). The largest absolute Gasteiger partial charge is 0.527 e. The molecule has 0 aliphatic rings. The van der Waals surface area contributed by atoms with Crippen LogP contribution in [0.1, 0.15) is 186 Å². The average Bonchev–Trinajstić information content (AvgIpc) is 3.23. The van der Waals surface area contributed by atoms with Crippen molar-refractivity contribution in [1.82, 2.24) is 0 Å². The first kappa shape index (κ1) is 57.0. The molecule has 37 nitrogen and oxygen atoms in total. The number of phosphoric acid groups is 1. The summed E-state index contributed by atoms with van der Waals surface area (Å²) in [5, 5.41) is 128. The van der Waals surface area contributed by atoms with Crippen LogP contribution in [0, 0.1) is 0 Å². The van der Waals surface area contributed by atoms with Gasteiger partial charge in [-0.05, 0) is 0 Å². The van der Waals surface area contributed by atoms with Crippen LogP contribution in [0.15, 0.2) is 0 Å². The number of ether oxygens (including phenoxy) is 2. The summed E-state index contributed by atoms with van der Waals surface area (Å²) < 4.78 is 23.7. The molecule has 0 aromatic heterocycles. The lowest BCUT2D eigenvalue weighted by Crippen LogP contribution is -2.33. The molecule has 0 saturated heterocycles. The first-order valence-corrected chi connectivity index (χ1v) is 18.9. The van der Waals surface area contributed by atoms with E-state index in [4.69, 9.17) is 0 Å². The van der Waals surface area contributed by atoms with Crippen molar-refractivity contribution in [2.24, 2.45) is 0 Å². The summed E-state index contributed by atoms with van der Waals surface area (Å²) in [6, 6.07) is 0. The van der Waals surface area contributed by atoms with Gasteiger partial charge in [-0.25, -0.2) is 90.9 Å². The number of carbonyl (C=O) groups excluding carboxylic acids is 5. The molecular weight excluding hydrogens is 1060 g/mol. The van der Waals surface area contributed by atoms with E-state index in [0.29, 0.717) is 0 Å². The Kier molecular flexibility index (Phi) is 15.7. The zero-order valence-corrected chi connectivity index (χ0v) is 35.0. The monoisotopic (exact) mass is 1070 g/mol. The quantitative estimate of drug-likeness (QED) is 0.0389. The predicted molar refractivity (Wildman–Crippen MR) is 207 cm³/mol. The smallest absolute Gasteiger partial charge is 0.478 e. The summed E-state index contributed by atoms with van der Waals surface area (Å²) in [7, 11) is -6.61. The van der Waals surface area contributed by atoms with Crippen molar-refractivity contribution in [1.29, 1.82) is 0 Å². The van der Waals surface area contributed by atoms with Gasteiger partial charge in [0.2, 0.25) is 0 Å². The van der Waals surface area contributed by atoms with Crippen molar-refractivity contribution in [2.45, 2.75) is 0 Å². The van der Waals surface area contributed by atoms with Crippen LogP contribution in [-0.4, -0.2) is 184 Å². The lowest BCUT2D eigenvalue weighted by molar-refractivity contribution is 0.0345. The number of aromatic carboxylic acids is 13. The van der Waals surface area contributed by atoms with E-state index in [1.54, 1.807) is 0 Å². The molecule has 0 unspecified atom stereocenters. The molecule has 38 heteroatoms. The van der Waals surface area contributed by atoms with Crippen molar-refractivity contribution < 1.29 is 181 Å². The first-order chi connectivity index (χ1) is 33.8. The molecule has 3 aromatic carbocycles. The fourth-order valence-electron chi connectivity index (χ4n) is 6.58. The van der Waals surface area contributed by atoms with Gasteiger partial charge >= 0.3 is 115 Å². The van der Waals surface area contributed by atoms with Gasteiger partial charge in [0.25, 0.3) is 0 Å².